The molecular weight excluding hydrogens is 274 g/mol. The zero-order valence-electron chi connectivity index (χ0n) is 11.5. The average Bonchev–Trinajstić information content (AvgIpc) is 3.09. The summed E-state index contributed by atoms with van der Waals surface area (Å²) in [5, 5.41) is 12.8. The van der Waals surface area contributed by atoms with Crippen molar-refractivity contribution in [2.75, 3.05) is 6.54 Å². The van der Waals surface area contributed by atoms with E-state index in [1.165, 1.54) is 0 Å². The molecule has 20 heavy (non-hydrogen) atoms. The molecule has 0 radical (unpaired) electrons. The fourth-order valence-corrected chi connectivity index (χ4v) is 2.75. The zero-order chi connectivity index (χ0) is 14.4. The number of nitrogens with two attached hydrogens (primary N) is 1. The predicted octanol–water partition coefficient (Wildman–Crippen LogP) is 1.57. The Kier molecular flexibility index (Phi) is 5.25. The number of thiophene rings is 1. The van der Waals surface area contributed by atoms with Crippen molar-refractivity contribution in [2.45, 2.75) is 32.4 Å². The van der Waals surface area contributed by atoms with Gasteiger partial charge in [0.2, 0.25) is 0 Å². The van der Waals surface area contributed by atoms with E-state index in [2.05, 4.69) is 22.6 Å². The van der Waals surface area contributed by atoms with Crippen molar-refractivity contribution >= 4 is 17.2 Å². The van der Waals surface area contributed by atoms with Crippen LogP contribution >= 0.6 is 11.3 Å². The van der Waals surface area contributed by atoms with E-state index in [-0.39, 0.29) is 11.9 Å². The fraction of sp³-hybridized carbons (Fsp3) is 0.462. The molecular formula is C13H19N5OS. The summed E-state index contributed by atoms with van der Waals surface area (Å²) in [6, 6.07) is 4.07. The molecule has 0 aliphatic carbocycles. The van der Waals surface area contributed by atoms with Gasteiger partial charge in [0.1, 0.15) is 0 Å². The predicted molar refractivity (Wildman–Crippen MR) is 78.5 cm³/mol. The molecule has 6 nitrogen and oxygen atoms in total. The molecule has 0 aliphatic heterocycles. The van der Waals surface area contributed by atoms with E-state index < -0.39 is 0 Å². The molecule has 3 N–H and O–H groups in total. The Bertz CT molecular complexity index is 537. The molecule has 7 heteroatoms. The molecule has 0 saturated carbocycles. The highest BCUT2D eigenvalue weighted by molar-refractivity contribution is 7.10. The first-order valence-electron chi connectivity index (χ1n) is 6.69. The molecule has 2 heterocycles. The Morgan fingerprint density at radius 3 is 3.10 bits per heavy atom. The molecule has 2 rings (SSSR count). The van der Waals surface area contributed by atoms with Crippen LogP contribution in [0, 0.1) is 0 Å². The lowest BCUT2D eigenvalue weighted by Gasteiger charge is -2.15. The lowest BCUT2D eigenvalue weighted by molar-refractivity contribution is 0.0930. The normalized spacial score (nSPS) is 12.3. The van der Waals surface area contributed by atoms with Gasteiger partial charge >= 0.3 is 0 Å². The van der Waals surface area contributed by atoms with Crippen LogP contribution in [0.5, 0.6) is 0 Å². The van der Waals surface area contributed by atoms with E-state index in [0.717, 1.165) is 17.7 Å². The van der Waals surface area contributed by atoms with Gasteiger partial charge < -0.3 is 11.1 Å². The molecule has 2 aromatic heterocycles. The second kappa shape index (κ2) is 7.16. The van der Waals surface area contributed by atoms with Gasteiger partial charge in [0.05, 0.1) is 18.8 Å². The number of hydrogen-bond donors (Lipinski definition) is 2. The summed E-state index contributed by atoms with van der Waals surface area (Å²) in [6.07, 6.45) is 3.53. The molecule has 0 aliphatic rings. The molecule has 0 spiro atoms. The fourth-order valence-electron chi connectivity index (χ4n) is 1.94. The van der Waals surface area contributed by atoms with Crippen molar-refractivity contribution in [2.24, 2.45) is 5.73 Å². The number of nitrogens with zero attached hydrogens (tertiary/aromatic N) is 3. The van der Waals surface area contributed by atoms with Crippen molar-refractivity contribution in [1.82, 2.24) is 20.3 Å². The van der Waals surface area contributed by atoms with Crippen LogP contribution in [0.15, 0.2) is 23.7 Å². The summed E-state index contributed by atoms with van der Waals surface area (Å²) in [6.45, 7) is 3.13. The van der Waals surface area contributed by atoms with Gasteiger partial charge in [-0.15, -0.1) is 16.4 Å². The van der Waals surface area contributed by atoms with Crippen molar-refractivity contribution in [3.05, 3.63) is 34.3 Å². The number of aromatic nitrogens is 3. The third kappa shape index (κ3) is 3.64. The molecule has 1 unspecified atom stereocenters. The van der Waals surface area contributed by atoms with Gasteiger partial charge in [-0.25, -0.2) is 0 Å². The minimum Gasteiger partial charge on any atom is -0.343 e. The summed E-state index contributed by atoms with van der Waals surface area (Å²) in [5.74, 6) is -0.194. The van der Waals surface area contributed by atoms with Crippen LogP contribution < -0.4 is 11.1 Å². The van der Waals surface area contributed by atoms with E-state index in [1.54, 1.807) is 22.2 Å². The maximum Gasteiger partial charge on any atom is 0.273 e. The van der Waals surface area contributed by atoms with Crippen LogP contribution in [-0.4, -0.2) is 27.4 Å². The standard InChI is InChI=1S/C13H19N5OS/c1-2-4-10(12-5-3-8-20-12)15-13(19)11-9-18(7-6-14)17-16-11/h3,5,8-10H,2,4,6-7,14H2,1H3,(H,15,19). The molecule has 0 saturated heterocycles. The molecule has 0 fully saturated rings. The van der Waals surface area contributed by atoms with Gasteiger partial charge in [0.15, 0.2) is 5.69 Å². The highest BCUT2D eigenvalue weighted by Gasteiger charge is 2.18. The smallest absolute Gasteiger partial charge is 0.273 e. The van der Waals surface area contributed by atoms with Gasteiger partial charge in [-0.2, -0.15) is 0 Å². The minimum absolute atomic E-state index is 0.0344. The second-order valence-corrected chi connectivity index (χ2v) is 5.46. The van der Waals surface area contributed by atoms with Crippen LogP contribution in [-0.2, 0) is 6.54 Å². The first-order chi connectivity index (χ1) is 9.74. The first-order valence-corrected chi connectivity index (χ1v) is 7.57. The molecule has 0 aromatic carbocycles. The average molecular weight is 293 g/mol. The van der Waals surface area contributed by atoms with Crippen molar-refractivity contribution < 1.29 is 4.79 Å². The van der Waals surface area contributed by atoms with Gasteiger partial charge in [-0.1, -0.05) is 24.6 Å². The number of amides is 1. The maximum atomic E-state index is 12.2. The Morgan fingerprint density at radius 1 is 1.60 bits per heavy atom. The Labute approximate surface area is 122 Å². The van der Waals surface area contributed by atoms with Crippen molar-refractivity contribution in [3.63, 3.8) is 0 Å². The van der Waals surface area contributed by atoms with E-state index >= 15 is 0 Å². The summed E-state index contributed by atoms with van der Waals surface area (Å²) in [4.78, 5) is 13.4. The van der Waals surface area contributed by atoms with Crippen LogP contribution in [0.3, 0.4) is 0 Å². The maximum absolute atomic E-state index is 12.2. The lowest BCUT2D eigenvalue weighted by atomic mass is 10.1. The van der Waals surface area contributed by atoms with Crippen LogP contribution in [0.2, 0.25) is 0 Å². The van der Waals surface area contributed by atoms with Crippen LogP contribution in [0.4, 0.5) is 0 Å². The summed E-state index contributed by atoms with van der Waals surface area (Å²) in [5.41, 5.74) is 5.77. The second-order valence-electron chi connectivity index (χ2n) is 4.49. The van der Waals surface area contributed by atoms with Crippen LogP contribution in [0.25, 0.3) is 0 Å². The third-order valence-corrected chi connectivity index (χ3v) is 3.88. The topological polar surface area (TPSA) is 85.8 Å². The highest BCUT2D eigenvalue weighted by atomic mass is 32.1. The summed E-state index contributed by atoms with van der Waals surface area (Å²) < 4.78 is 1.58. The zero-order valence-corrected chi connectivity index (χ0v) is 12.3. The first kappa shape index (κ1) is 14.7. The van der Waals surface area contributed by atoms with Gasteiger partial charge in [0.25, 0.3) is 5.91 Å². The Hall–Kier alpha value is -1.73. The number of hydrogen-bond acceptors (Lipinski definition) is 5. The van der Waals surface area contributed by atoms with Crippen LogP contribution in [0.1, 0.15) is 41.2 Å². The third-order valence-electron chi connectivity index (χ3n) is 2.90. The molecule has 1 amide bonds. The largest absolute Gasteiger partial charge is 0.343 e. The molecule has 0 bridgehead atoms. The highest BCUT2D eigenvalue weighted by Crippen LogP contribution is 2.23. The summed E-state index contributed by atoms with van der Waals surface area (Å²) >= 11 is 1.65. The minimum atomic E-state index is -0.194. The molecule has 108 valence electrons. The summed E-state index contributed by atoms with van der Waals surface area (Å²) in [7, 11) is 0. The van der Waals surface area contributed by atoms with Crippen molar-refractivity contribution in [3.8, 4) is 0 Å². The number of carbonyl (C=O) groups excluding carboxylic acids is 1. The Morgan fingerprint density at radius 2 is 2.45 bits per heavy atom. The van der Waals surface area contributed by atoms with E-state index in [1.807, 2.05) is 17.5 Å². The van der Waals surface area contributed by atoms with Gasteiger partial charge in [-0.3, -0.25) is 9.48 Å². The quantitative estimate of drug-likeness (QED) is 0.811. The number of rotatable bonds is 7. The molecule has 2 aromatic rings. The van der Waals surface area contributed by atoms with Gasteiger partial charge in [-0.05, 0) is 17.9 Å². The van der Waals surface area contributed by atoms with E-state index in [9.17, 15) is 4.79 Å². The Balaban J connectivity index is 2.03. The van der Waals surface area contributed by atoms with E-state index in [0.29, 0.717) is 18.8 Å². The number of nitrogens with one attached hydrogen (secondary N) is 1. The monoisotopic (exact) mass is 293 g/mol. The molecule has 1 atom stereocenters. The lowest BCUT2D eigenvalue weighted by Crippen LogP contribution is -2.28. The van der Waals surface area contributed by atoms with Crippen molar-refractivity contribution in [1.29, 1.82) is 0 Å². The SMILES string of the molecule is CCCC(NC(=O)c1cn(CCN)nn1)c1cccs1. The number of carbonyl (C=O) groups is 1. The van der Waals surface area contributed by atoms with Gasteiger partial charge in [0, 0.05) is 11.4 Å². The van der Waals surface area contributed by atoms with E-state index in [4.69, 9.17) is 5.73 Å².